The summed E-state index contributed by atoms with van der Waals surface area (Å²) in [4.78, 5) is 0. The highest BCUT2D eigenvalue weighted by molar-refractivity contribution is 7.39. The van der Waals surface area contributed by atoms with Gasteiger partial charge in [-0.15, -0.1) is 0 Å². The van der Waals surface area contributed by atoms with Crippen molar-refractivity contribution in [3.05, 3.63) is 84.4 Å². The predicted octanol–water partition coefficient (Wildman–Crippen LogP) is 5.92. The van der Waals surface area contributed by atoms with Gasteiger partial charge in [-0.05, 0) is 92.0 Å². The van der Waals surface area contributed by atoms with Crippen molar-refractivity contribution >= 4 is 68.5 Å². The molecular formula is C27H28OSi3. The second-order valence-corrected chi connectivity index (χ2v) is 28.0. The summed E-state index contributed by atoms with van der Waals surface area (Å²) in [5.74, 6) is 0. The summed E-state index contributed by atoms with van der Waals surface area (Å²) in [6.07, 6.45) is 0. The van der Waals surface area contributed by atoms with Crippen LogP contribution in [0, 0.1) is 0 Å². The van der Waals surface area contributed by atoms with E-state index in [9.17, 15) is 0 Å². The van der Waals surface area contributed by atoms with Gasteiger partial charge < -0.3 is 4.43 Å². The Morgan fingerprint density at radius 1 is 0.710 bits per heavy atom. The summed E-state index contributed by atoms with van der Waals surface area (Å²) in [5.41, 5.74) is 1.31. The van der Waals surface area contributed by atoms with Gasteiger partial charge in [0.2, 0.25) is 0 Å². The molecular weight excluding hydrogens is 425 g/mol. The van der Waals surface area contributed by atoms with E-state index in [1.54, 1.807) is 0 Å². The fourth-order valence-corrected chi connectivity index (χ4v) is 29.9. The maximum absolute atomic E-state index is 6.96. The molecule has 31 heavy (non-hydrogen) atoms. The van der Waals surface area contributed by atoms with Crippen molar-refractivity contribution in [1.29, 1.82) is 0 Å². The molecule has 4 heteroatoms. The van der Waals surface area contributed by atoms with E-state index in [2.05, 4.69) is 98.9 Å². The van der Waals surface area contributed by atoms with Crippen molar-refractivity contribution in [2.24, 2.45) is 0 Å². The highest BCUT2D eigenvalue weighted by Crippen LogP contribution is 2.44. The van der Waals surface area contributed by atoms with Crippen LogP contribution in [0.15, 0.2) is 78.9 Å². The summed E-state index contributed by atoms with van der Waals surface area (Å²) in [6, 6.07) is 30.8. The number of fused-ring (bicyclic) bond motifs is 4. The van der Waals surface area contributed by atoms with E-state index in [4.69, 9.17) is 4.43 Å². The summed E-state index contributed by atoms with van der Waals surface area (Å²) in [5, 5.41) is 10.7. The van der Waals surface area contributed by atoms with Crippen molar-refractivity contribution in [1.82, 2.24) is 0 Å². The van der Waals surface area contributed by atoms with Gasteiger partial charge in [-0.3, -0.25) is 0 Å². The van der Waals surface area contributed by atoms with Gasteiger partial charge in [0, 0.05) is 16.9 Å². The largest absolute Gasteiger partial charge is 0.416 e. The third-order valence-corrected chi connectivity index (χ3v) is 30.0. The van der Waals surface area contributed by atoms with Gasteiger partial charge in [0.05, 0.1) is 5.60 Å². The Labute approximate surface area is 188 Å². The van der Waals surface area contributed by atoms with E-state index < -0.39 is 16.9 Å². The minimum absolute atomic E-state index is 0.0790. The number of hydrogen-bond acceptors (Lipinski definition) is 1. The van der Waals surface area contributed by atoms with Crippen LogP contribution in [0.3, 0.4) is 0 Å². The standard InChI is InChI=1S/C27H28OSi3/c1-27(17-30(2)29-31(3)28-27)26-24-11-7-6-10-20(24)14-23-15-21-12-18-8-4-5-9-19(18)13-22(21)16-25(23)26/h4-16,30-31H,17,29H2,1-3H3. The molecule has 0 aliphatic carbocycles. The fourth-order valence-electron chi connectivity index (χ4n) is 6.09. The molecule has 1 fully saturated rings. The van der Waals surface area contributed by atoms with Gasteiger partial charge >= 0.3 is 0 Å². The summed E-state index contributed by atoms with van der Waals surface area (Å²) in [6.45, 7) is 7.46. The molecule has 0 radical (unpaired) electrons. The fraction of sp³-hybridized carbons (Fsp3) is 0.185. The zero-order chi connectivity index (χ0) is 21.2. The monoisotopic (exact) mass is 452 g/mol. The Balaban J connectivity index is 1.73. The maximum Gasteiger partial charge on any atom is 0.153 e. The normalized spacial score (nSPS) is 25.1. The molecule has 154 valence electrons. The van der Waals surface area contributed by atoms with Crippen molar-refractivity contribution in [3.63, 3.8) is 0 Å². The molecule has 3 atom stereocenters. The third-order valence-electron chi connectivity index (χ3n) is 7.15. The summed E-state index contributed by atoms with van der Waals surface area (Å²) >= 11 is 0. The Morgan fingerprint density at radius 2 is 1.29 bits per heavy atom. The van der Waals surface area contributed by atoms with Crippen LogP contribution in [0.5, 0.6) is 0 Å². The number of rotatable bonds is 1. The molecule has 5 aromatic rings. The predicted molar refractivity (Wildman–Crippen MR) is 144 cm³/mol. The van der Waals surface area contributed by atoms with E-state index in [1.165, 1.54) is 54.7 Å². The van der Waals surface area contributed by atoms with Crippen LogP contribution in [0.25, 0.3) is 43.1 Å². The van der Waals surface area contributed by atoms with Crippen LogP contribution in [-0.2, 0) is 10.0 Å². The highest BCUT2D eigenvalue weighted by Gasteiger charge is 2.39. The Bertz CT molecular complexity index is 1470. The van der Waals surface area contributed by atoms with Crippen LogP contribution in [0.4, 0.5) is 0 Å². The first-order valence-electron chi connectivity index (χ1n) is 11.5. The van der Waals surface area contributed by atoms with Crippen LogP contribution < -0.4 is 0 Å². The molecule has 0 N–H and O–H groups in total. The average molecular weight is 453 g/mol. The van der Waals surface area contributed by atoms with Gasteiger partial charge in [-0.2, -0.15) is 0 Å². The smallest absolute Gasteiger partial charge is 0.153 e. The Kier molecular flexibility index (Phi) is 4.47. The van der Waals surface area contributed by atoms with E-state index in [1.807, 2.05) is 0 Å². The Hall–Kier alpha value is -2.25. The second-order valence-electron chi connectivity index (χ2n) is 9.80. The molecule has 1 nitrogen and oxygen atoms in total. The molecule has 0 spiro atoms. The second kappa shape index (κ2) is 7.14. The zero-order valence-corrected chi connectivity index (χ0v) is 22.2. The van der Waals surface area contributed by atoms with Crippen LogP contribution in [0.1, 0.15) is 12.5 Å². The Morgan fingerprint density at radius 3 is 2.00 bits per heavy atom. The van der Waals surface area contributed by atoms with Gasteiger partial charge in [-0.1, -0.05) is 61.6 Å². The van der Waals surface area contributed by atoms with Gasteiger partial charge in [0.15, 0.2) is 8.56 Å². The minimum Gasteiger partial charge on any atom is -0.416 e. The topological polar surface area (TPSA) is 9.23 Å². The maximum atomic E-state index is 6.96. The molecule has 1 aliphatic rings. The first kappa shape index (κ1) is 19.4. The lowest BCUT2D eigenvalue weighted by Crippen LogP contribution is -2.49. The number of benzene rings is 5. The molecule has 5 aromatic carbocycles. The van der Waals surface area contributed by atoms with E-state index in [-0.39, 0.29) is 14.2 Å². The quantitative estimate of drug-likeness (QED) is 0.227. The summed E-state index contributed by atoms with van der Waals surface area (Å²) in [7, 11) is -1.53. The van der Waals surface area contributed by atoms with E-state index in [0.717, 1.165) is 0 Å². The summed E-state index contributed by atoms with van der Waals surface area (Å²) < 4.78 is 6.96. The minimum atomic E-state index is -0.990. The first-order valence-corrected chi connectivity index (χ1v) is 21.6. The molecule has 1 saturated heterocycles. The molecule has 6 rings (SSSR count). The van der Waals surface area contributed by atoms with Crippen LogP contribution in [-0.4, -0.2) is 25.4 Å². The lowest BCUT2D eigenvalue weighted by molar-refractivity contribution is 0.114. The number of hydrogen-bond donors (Lipinski definition) is 0. The SMILES string of the molecule is C[SiH]1CC(C)(c2c3ccccc3cc3cc4cc5ccccc5cc4cc23)O[SiH](C)[SiH2]1. The molecule has 0 aromatic heterocycles. The van der Waals surface area contributed by atoms with Gasteiger partial charge in [0.1, 0.15) is 0 Å². The van der Waals surface area contributed by atoms with E-state index in [0.29, 0.717) is 0 Å². The van der Waals surface area contributed by atoms with E-state index >= 15 is 0 Å². The lowest BCUT2D eigenvalue weighted by Gasteiger charge is -2.42. The molecule has 1 heterocycles. The van der Waals surface area contributed by atoms with Crippen molar-refractivity contribution in [3.8, 4) is 0 Å². The third kappa shape index (κ3) is 3.21. The molecule has 0 bridgehead atoms. The van der Waals surface area contributed by atoms with Crippen molar-refractivity contribution in [2.75, 3.05) is 0 Å². The highest BCUT2D eigenvalue weighted by atomic mass is 29.6. The van der Waals surface area contributed by atoms with Crippen molar-refractivity contribution < 1.29 is 4.43 Å². The van der Waals surface area contributed by atoms with Gasteiger partial charge in [-0.25, -0.2) is 0 Å². The molecule has 3 unspecified atom stereocenters. The molecule has 0 saturated carbocycles. The average Bonchev–Trinajstić information content (AvgIpc) is 2.73. The first-order chi connectivity index (χ1) is 15.0. The zero-order valence-electron chi connectivity index (χ0n) is 18.5. The molecule has 0 amide bonds. The lowest BCUT2D eigenvalue weighted by atomic mass is 9.86. The van der Waals surface area contributed by atoms with Crippen LogP contribution >= 0.6 is 0 Å². The molecule has 1 aliphatic heterocycles. The van der Waals surface area contributed by atoms with Crippen LogP contribution in [0.2, 0.25) is 19.1 Å². The van der Waals surface area contributed by atoms with Crippen molar-refractivity contribution in [2.45, 2.75) is 31.7 Å². The van der Waals surface area contributed by atoms with Gasteiger partial charge in [0.25, 0.3) is 0 Å².